The number of aliphatic carboxylic acids is 1. The first-order valence-corrected chi connectivity index (χ1v) is 13.2. The van der Waals surface area contributed by atoms with Crippen molar-refractivity contribution in [3.63, 3.8) is 0 Å². The molecule has 0 bridgehead atoms. The summed E-state index contributed by atoms with van der Waals surface area (Å²) in [6, 6.07) is 6.37. The molecule has 5 rings (SSSR count). The highest BCUT2D eigenvalue weighted by Crippen LogP contribution is 2.40. The summed E-state index contributed by atoms with van der Waals surface area (Å²) >= 11 is 2.43. The minimum Gasteiger partial charge on any atom is -0.543 e. The second-order valence-corrected chi connectivity index (χ2v) is 10.3. The standard InChI is InChI=1S/C22H22N8O6S2/c1-36-26-15(12-10-38-22(23)24-12)18(32)25-16-19(33)30-17(21(34)35)11(9-37-20(16)30)8-29-14-5-3-2-4-13(14)28(27-29)6-7-31/h2-5,10,16,20,31H,6-9H2,1H3,(H3-,23,24,25,32,34,35)/b26-15-/t16-,20-/m1/s1. The van der Waals surface area contributed by atoms with Gasteiger partial charge in [-0.3, -0.25) is 14.5 Å². The number of para-hydroxylation sites is 2. The van der Waals surface area contributed by atoms with Crippen LogP contribution >= 0.6 is 23.1 Å². The van der Waals surface area contributed by atoms with Crippen molar-refractivity contribution >= 4 is 62.8 Å². The van der Waals surface area contributed by atoms with E-state index in [9.17, 15) is 24.6 Å². The molecule has 1 fully saturated rings. The second-order valence-electron chi connectivity index (χ2n) is 8.28. The van der Waals surface area contributed by atoms with Crippen LogP contribution in [0.2, 0.25) is 0 Å². The fraction of sp³-hybridized carbons (Fsp3) is 0.318. The van der Waals surface area contributed by atoms with Gasteiger partial charge in [-0.15, -0.1) is 32.5 Å². The zero-order valence-electron chi connectivity index (χ0n) is 19.9. The number of thiazole rings is 1. The highest BCUT2D eigenvalue weighted by molar-refractivity contribution is 8.00. The molecule has 0 saturated carbocycles. The molecule has 16 heteroatoms. The van der Waals surface area contributed by atoms with Crippen molar-refractivity contribution in [3.05, 3.63) is 46.6 Å². The number of aromatic nitrogens is 4. The Balaban J connectivity index is 1.39. The number of carboxylic acid groups (broad SMARTS) is 1. The van der Waals surface area contributed by atoms with Gasteiger partial charge in [0, 0.05) is 16.7 Å². The highest BCUT2D eigenvalue weighted by atomic mass is 32.2. The van der Waals surface area contributed by atoms with Gasteiger partial charge in [0.25, 0.3) is 11.8 Å². The third kappa shape index (κ3) is 4.46. The topological polar surface area (TPSA) is 192 Å². The number of carboxylic acids is 1. The molecular weight excluding hydrogens is 536 g/mol. The molecule has 2 amide bonds. The number of nitrogens with one attached hydrogen (secondary N) is 1. The summed E-state index contributed by atoms with van der Waals surface area (Å²) in [4.78, 5) is 48.1. The Morgan fingerprint density at radius 2 is 2.18 bits per heavy atom. The number of anilines is 1. The molecule has 198 valence electrons. The molecule has 0 aliphatic carbocycles. The Morgan fingerprint density at radius 3 is 2.87 bits per heavy atom. The number of benzene rings is 1. The molecule has 0 unspecified atom stereocenters. The monoisotopic (exact) mass is 558 g/mol. The van der Waals surface area contributed by atoms with Crippen molar-refractivity contribution in [1.29, 1.82) is 0 Å². The maximum absolute atomic E-state index is 13.1. The van der Waals surface area contributed by atoms with Crippen LogP contribution in [-0.4, -0.2) is 79.3 Å². The van der Waals surface area contributed by atoms with Gasteiger partial charge < -0.3 is 30.9 Å². The van der Waals surface area contributed by atoms with Crippen molar-refractivity contribution in [1.82, 2.24) is 25.1 Å². The average molecular weight is 559 g/mol. The minimum atomic E-state index is -1.50. The lowest BCUT2D eigenvalue weighted by Gasteiger charge is -2.50. The summed E-state index contributed by atoms with van der Waals surface area (Å²) in [6.45, 7) is 0.251. The largest absolute Gasteiger partial charge is 0.543 e. The van der Waals surface area contributed by atoms with Crippen LogP contribution in [0.15, 0.2) is 46.1 Å². The van der Waals surface area contributed by atoms with Crippen LogP contribution in [0, 0.1) is 0 Å². The summed E-state index contributed by atoms with van der Waals surface area (Å²) in [7, 11) is 1.27. The van der Waals surface area contributed by atoms with E-state index in [-0.39, 0.29) is 47.7 Å². The van der Waals surface area contributed by atoms with E-state index in [2.05, 4.69) is 20.7 Å². The number of hydrogen-bond acceptors (Lipinski definition) is 12. The average Bonchev–Trinajstić information content (AvgIpc) is 3.49. The van der Waals surface area contributed by atoms with E-state index in [1.807, 2.05) is 24.3 Å². The predicted octanol–water partition coefficient (Wildman–Crippen LogP) is -2.19. The van der Waals surface area contributed by atoms with Crippen LogP contribution < -0.4 is 20.8 Å². The molecule has 2 aromatic heterocycles. The maximum atomic E-state index is 13.1. The number of nitrogens with zero attached hydrogens (tertiary/aromatic N) is 6. The Labute approximate surface area is 223 Å². The van der Waals surface area contributed by atoms with Crippen LogP contribution in [0.1, 0.15) is 5.69 Å². The van der Waals surface area contributed by atoms with Crippen LogP contribution in [-0.2, 0) is 32.3 Å². The van der Waals surface area contributed by atoms with Crippen LogP contribution in [0.25, 0.3) is 11.0 Å². The van der Waals surface area contributed by atoms with E-state index in [1.165, 1.54) is 24.3 Å². The van der Waals surface area contributed by atoms with Crippen molar-refractivity contribution in [2.75, 3.05) is 25.2 Å². The molecule has 14 nitrogen and oxygen atoms in total. The predicted molar refractivity (Wildman–Crippen MR) is 134 cm³/mol. The van der Waals surface area contributed by atoms with Gasteiger partial charge in [-0.25, -0.2) is 4.98 Å². The molecule has 1 aromatic carbocycles. The third-order valence-corrected chi connectivity index (χ3v) is 8.01. The van der Waals surface area contributed by atoms with Gasteiger partial charge in [-0.2, -0.15) is 0 Å². The van der Waals surface area contributed by atoms with Crippen molar-refractivity contribution in [2.24, 2.45) is 5.16 Å². The van der Waals surface area contributed by atoms with Crippen LogP contribution in [0.3, 0.4) is 0 Å². The number of aliphatic hydroxyl groups is 1. The van der Waals surface area contributed by atoms with Crippen molar-refractivity contribution in [3.8, 4) is 0 Å². The second kappa shape index (κ2) is 10.4. The van der Waals surface area contributed by atoms with E-state index in [4.69, 9.17) is 10.6 Å². The quantitative estimate of drug-likeness (QED) is 0.112. The van der Waals surface area contributed by atoms with Crippen LogP contribution in [0.4, 0.5) is 5.13 Å². The number of carbonyl (C=O) groups is 3. The Hall–Kier alpha value is -4.02. The Bertz CT molecular complexity index is 1500. The summed E-state index contributed by atoms with van der Waals surface area (Å²) in [6.07, 6.45) is 0. The number of β-lactam (4-membered cyclic amide) rings is 1. The highest BCUT2D eigenvalue weighted by Gasteiger charge is 2.53. The number of nitrogens with two attached hydrogens (primary N) is 1. The zero-order chi connectivity index (χ0) is 27.0. The Morgan fingerprint density at radius 1 is 1.39 bits per heavy atom. The Kier molecular flexibility index (Phi) is 7.00. The molecule has 2 aliphatic heterocycles. The molecule has 2 aliphatic rings. The number of thioether (sulfide) groups is 1. The fourth-order valence-corrected chi connectivity index (χ4v) is 6.26. The number of carbonyl (C=O) groups excluding carboxylic acids is 3. The summed E-state index contributed by atoms with van der Waals surface area (Å²) in [5, 5.41) is 33.5. The molecular formula is C22H22N8O6S2. The minimum absolute atomic E-state index is 0.0959. The lowest BCUT2D eigenvalue weighted by molar-refractivity contribution is -0.725. The fourth-order valence-electron chi connectivity index (χ4n) is 4.38. The molecule has 0 spiro atoms. The van der Waals surface area contributed by atoms with Crippen LogP contribution in [0.5, 0.6) is 0 Å². The van der Waals surface area contributed by atoms with E-state index >= 15 is 0 Å². The molecule has 0 radical (unpaired) electrons. The molecule has 38 heavy (non-hydrogen) atoms. The van der Waals surface area contributed by atoms with Gasteiger partial charge in [-0.05, 0) is 12.1 Å². The van der Waals surface area contributed by atoms with Gasteiger partial charge in [-0.1, -0.05) is 17.3 Å². The van der Waals surface area contributed by atoms with Gasteiger partial charge in [0.1, 0.15) is 37.3 Å². The van der Waals surface area contributed by atoms with E-state index in [0.29, 0.717) is 5.57 Å². The number of hydrogen-bond donors (Lipinski definition) is 3. The van der Waals surface area contributed by atoms with E-state index in [0.717, 1.165) is 27.3 Å². The zero-order valence-corrected chi connectivity index (χ0v) is 21.6. The molecule has 3 aromatic rings. The first-order valence-electron chi connectivity index (χ1n) is 11.3. The van der Waals surface area contributed by atoms with Crippen molar-refractivity contribution in [2.45, 2.75) is 24.5 Å². The molecule has 4 N–H and O–H groups in total. The lowest BCUT2D eigenvalue weighted by atomic mass is 10.0. The van der Waals surface area contributed by atoms with E-state index < -0.39 is 29.2 Å². The van der Waals surface area contributed by atoms with Gasteiger partial charge in [0.05, 0.1) is 23.5 Å². The number of aliphatic hydroxyl groups excluding tert-OH is 1. The first kappa shape index (κ1) is 25.6. The van der Waals surface area contributed by atoms with E-state index in [1.54, 1.807) is 9.36 Å². The summed E-state index contributed by atoms with van der Waals surface area (Å²) in [5.41, 5.74) is 7.39. The number of oxime groups is 1. The first-order chi connectivity index (χ1) is 18.3. The lowest BCUT2D eigenvalue weighted by Crippen LogP contribution is -2.71. The van der Waals surface area contributed by atoms with Crippen molar-refractivity contribution < 1.29 is 34.1 Å². The SMILES string of the molecule is CO/N=C(\C(=O)N[C@@H]1C(=O)N2C(C(=O)[O-])=C(C[n+]3nn(CCO)c4ccccc43)CS[C@H]12)c1csc(N)n1. The van der Waals surface area contributed by atoms with Gasteiger partial charge in [0.15, 0.2) is 21.9 Å². The third-order valence-electron chi connectivity index (χ3n) is 6.00. The van der Waals surface area contributed by atoms with Gasteiger partial charge >= 0.3 is 0 Å². The number of rotatable bonds is 9. The summed E-state index contributed by atoms with van der Waals surface area (Å²) < 4.78 is 3.25. The molecule has 4 heterocycles. The van der Waals surface area contributed by atoms with Gasteiger partial charge in [0.2, 0.25) is 0 Å². The number of fused-ring (bicyclic) bond motifs is 2. The summed E-state index contributed by atoms with van der Waals surface area (Å²) in [5.74, 6) is -2.54. The molecule has 1 saturated heterocycles. The smallest absolute Gasteiger partial charge is 0.276 e. The molecule has 2 atom stereocenters. The number of nitrogen functional groups attached to an aromatic ring is 1. The maximum Gasteiger partial charge on any atom is 0.276 e. The normalized spacial score (nSPS) is 19.4. The number of amides is 2.